The summed E-state index contributed by atoms with van der Waals surface area (Å²) < 4.78 is 10.9. The van der Waals surface area contributed by atoms with Gasteiger partial charge in [0.1, 0.15) is 0 Å². The minimum absolute atomic E-state index is 0.187. The number of amides is 1. The van der Waals surface area contributed by atoms with E-state index in [4.69, 9.17) is 9.47 Å². The van der Waals surface area contributed by atoms with Gasteiger partial charge in [-0.15, -0.1) is 11.3 Å². The van der Waals surface area contributed by atoms with E-state index in [0.29, 0.717) is 19.1 Å². The van der Waals surface area contributed by atoms with Gasteiger partial charge in [-0.25, -0.2) is 0 Å². The molecule has 0 spiro atoms. The second-order valence-electron chi connectivity index (χ2n) is 5.90. The molecule has 2 heterocycles. The number of carbonyl (C=O) groups excluding carboxylic acids is 1. The predicted molar refractivity (Wildman–Crippen MR) is 82.7 cm³/mol. The highest BCUT2D eigenvalue weighted by molar-refractivity contribution is 7.12. The molecular formula is C16H23NO3S. The van der Waals surface area contributed by atoms with Crippen molar-refractivity contribution in [2.75, 3.05) is 26.4 Å². The lowest BCUT2D eigenvalue weighted by Crippen LogP contribution is -2.27. The van der Waals surface area contributed by atoms with Crippen molar-refractivity contribution in [3.05, 3.63) is 21.9 Å². The quantitative estimate of drug-likeness (QED) is 0.787. The van der Waals surface area contributed by atoms with E-state index in [0.717, 1.165) is 32.5 Å². The van der Waals surface area contributed by atoms with Gasteiger partial charge in [0.2, 0.25) is 5.91 Å². The third kappa shape index (κ3) is 4.05. The van der Waals surface area contributed by atoms with E-state index >= 15 is 0 Å². The van der Waals surface area contributed by atoms with Gasteiger partial charge in [0.25, 0.3) is 0 Å². The van der Waals surface area contributed by atoms with Crippen molar-refractivity contribution >= 4 is 17.2 Å². The number of aryl methyl sites for hydroxylation is 1. The van der Waals surface area contributed by atoms with Crippen LogP contribution in [-0.4, -0.2) is 38.4 Å². The average Bonchev–Trinajstić information content (AvgIpc) is 2.88. The van der Waals surface area contributed by atoms with E-state index in [1.165, 1.54) is 9.75 Å². The Labute approximate surface area is 129 Å². The van der Waals surface area contributed by atoms with E-state index in [1.54, 1.807) is 0 Å². The normalized spacial score (nSPS) is 27.8. The maximum Gasteiger partial charge on any atom is 0.223 e. The fourth-order valence-corrected chi connectivity index (χ4v) is 3.82. The fraction of sp³-hybridized carbons (Fsp3) is 0.688. The Morgan fingerprint density at radius 3 is 3.14 bits per heavy atom. The van der Waals surface area contributed by atoms with Crippen LogP contribution in [0.3, 0.4) is 0 Å². The van der Waals surface area contributed by atoms with Gasteiger partial charge in [-0.05, 0) is 38.3 Å². The Balaban J connectivity index is 1.29. The largest absolute Gasteiger partial charge is 0.379 e. The highest BCUT2D eigenvalue weighted by atomic mass is 32.1. The average molecular weight is 309 g/mol. The Morgan fingerprint density at radius 1 is 1.52 bits per heavy atom. The predicted octanol–water partition coefficient (Wildman–Crippen LogP) is 2.47. The first kappa shape index (κ1) is 15.0. The molecule has 0 bridgehead atoms. The zero-order chi connectivity index (χ0) is 14.7. The second kappa shape index (κ2) is 6.90. The van der Waals surface area contributed by atoms with Crippen molar-refractivity contribution in [1.29, 1.82) is 0 Å². The van der Waals surface area contributed by atoms with Crippen molar-refractivity contribution in [3.8, 4) is 0 Å². The molecule has 1 saturated carbocycles. The highest BCUT2D eigenvalue weighted by Gasteiger charge is 2.44. The Hall–Kier alpha value is -0.910. The van der Waals surface area contributed by atoms with Gasteiger partial charge in [-0.3, -0.25) is 4.79 Å². The van der Waals surface area contributed by atoms with E-state index in [9.17, 15) is 4.79 Å². The first-order chi connectivity index (χ1) is 10.2. The van der Waals surface area contributed by atoms with E-state index in [-0.39, 0.29) is 17.9 Å². The zero-order valence-corrected chi connectivity index (χ0v) is 13.3. The van der Waals surface area contributed by atoms with Gasteiger partial charge in [-0.2, -0.15) is 0 Å². The van der Waals surface area contributed by atoms with E-state index in [1.807, 2.05) is 11.3 Å². The molecule has 5 heteroatoms. The van der Waals surface area contributed by atoms with Crippen LogP contribution in [0.4, 0.5) is 0 Å². The van der Waals surface area contributed by atoms with Crippen LogP contribution >= 0.6 is 11.3 Å². The molecule has 0 aromatic carbocycles. The first-order valence-corrected chi connectivity index (χ1v) is 8.59. The molecular weight excluding hydrogens is 286 g/mol. The molecule has 3 atom stereocenters. The van der Waals surface area contributed by atoms with Crippen molar-refractivity contribution in [3.63, 3.8) is 0 Å². The van der Waals surface area contributed by atoms with Gasteiger partial charge in [-0.1, -0.05) is 0 Å². The van der Waals surface area contributed by atoms with Crippen molar-refractivity contribution in [2.45, 2.75) is 38.2 Å². The van der Waals surface area contributed by atoms with Gasteiger partial charge >= 0.3 is 0 Å². The summed E-state index contributed by atoms with van der Waals surface area (Å²) in [4.78, 5) is 14.7. The van der Waals surface area contributed by atoms with Crippen LogP contribution in [0, 0.1) is 12.8 Å². The summed E-state index contributed by atoms with van der Waals surface area (Å²) in [6.45, 7) is 5.05. The Morgan fingerprint density at radius 2 is 2.43 bits per heavy atom. The minimum Gasteiger partial charge on any atom is -0.379 e. The molecule has 1 aliphatic carbocycles. The third-order valence-corrected chi connectivity index (χ3v) is 5.25. The van der Waals surface area contributed by atoms with Crippen molar-refractivity contribution < 1.29 is 14.3 Å². The Kier molecular flexibility index (Phi) is 4.93. The van der Waals surface area contributed by atoms with E-state index < -0.39 is 0 Å². The lowest BCUT2D eigenvalue weighted by molar-refractivity contribution is -0.122. The van der Waals surface area contributed by atoms with Gasteiger partial charge in [0.15, 0.2) is 0 Å². The summed E-state index contributed by atoms with van der Waals surface area (Å²) in [6, 6.07) is 4.30. The smallest absolute Gasteiger partial charge is 0.223 e. The van der Waals surface area contributed by atoms with Crippen molar-refractivity contribution in [1.82, 2.24) is 5.32 Å². The monoisotopic (exact) mass is 309 g/mol. The highest BCUT2D eigenvalue weighted by Crippen LogP contribution is 2.49. The number of hydrogen-bond acceptors (Lipinski definition) is 4. The van der Waals surface area contributed by atoms with Crippen molar-refractivity contribution in [2.24, 2.45) is 5.92 Å². The standard InChI is InChI=1S/C16H23NO3S/c1-11-3-4-15(21-11)13-9-14(13)16(18)17-6-2-7-20-12-5-8-19-10-12/h3-4,12-14H,2,5-10H2,1H3,(H,17,18)/t12-,13-,14+/m1/s1. The first-order valence-electron chi connectivity index (χ1n) is 7.77. The molecule has 0 radical (unpaired) electrons. The van der Waals surface area contributed by atoms with Crippen LogP contribution < -0.4 is 5.32 Å². The molecule has 1 aliphatic heterocycles. The van der Waals surface area contributed by atoms with Crippen LogP contribution in [0.25, 0.3) is 0 Å². The summed E-state index contributed by atoms with van der Waals surface area (Å²) in [5.74, 6) is 0.845. The molecule has 3 rings (SSSR count). The number of carbonyl (C=O) groups is 1. The topological polar surface area (TPSA) is 47.6 Å². The van der Waals surface area contributed by atoms with Gasteiger partial charge in [0, 0.05) is 41.3 Å². The lowest BCUT2D eigenvalue weighted by Gasteiger charge is -2.10. The molecule has 116 valence electrons. The minimum atomic E-state index is 0.187. The molecule has 1 amide bonds. The molecule has 1 aromatic heterocycles. The maximum atomic E-state index is 12.0. The molecule has 21 heavy (non-hydrogen) atoms. The number of thiophene rings is 1. The number of hydrogen-bond donors (Lipinski definition) is 1. The molecule has 2 fully saturated rings. The molecule has 4 nitrogen and oxygen atoms in total. The van der Waals surface area contributed by atoms with Crippen LogP contribution in [0.2, 0.25) is 0 Å². The zero-order valence-electron chi connectivity index (χ0n) is 12.5. The maximum absolute atomic E-state index is 12.0. The summed E-state index contributed by atoms with van der Waals surface area (Å²) in [7, 11) is 0. The molecule has 1 N–H and O–H groups in total. The summed E-state index contributed by atoms with van der Waals surface area (Å²) in [5.41, 5.74) is 0. The molecule has 2 aliphatic rings. The van der Waals surface area contributed by atoms with Crippen LogP contribution in [0.5, 0.6) is 0 Å². The summed E-state index contributed by atoms with van der Waals surface area (Å²) >= 11 is 1.81. The van der Waals surface area contributed by atoms with Gasteiger partial charge in [0.05, 0.1) is 12.7 Å². The van der Waals surface area contributed by atoms with Crippen LogP contribution in [0.15, 0.2) is 12.1 Å². The second-order valence-corrected chi connectivity index (χ2v) is 7.22. The molecule has 0 unspecified atom stereocenters. The van der Waals surface area contributed by atoms with Crippen LogP contribution in [0.1, 0.15) is 34.9 Å². The number of nitrogens with one attached hydrogen (secondary N) is 1. The number of ether oxygens (including phenoxy) is 2. The van der Waals surface area contributed by atoms with Crippen LogP contribution in [-0.2, 0) is 14.3 Å². The summed E-state index contributed by atoms with van der Waals surface area (Å²) in [5, 5.41) is 3.03. The molecule has 1 aromatic rings. The SMILES string of the molecule is Cc1ccc([C@@H]2C[C@@H]2C(=O)NCCCO[C@@H]2CCOC2)s1. The molecule has 1 saturated heterocycles. The third-order valence-electron chi connectivity index (χ3n) is 4.12. The van der Waals surface area contributed by atoms with Gasteiger partial charge < -0.3 is 14.8 Å². The van der Waals surface area contributed by atoms with E-state index in [2.05, 4.69) is 24.4 Å². The lowest BCUT2D eigenvalue weighted by atomic mass is 10.2. The summed E-state index contributed by atoms with van der Waals surface area (Å²) in [6.07, 6.45) is 3.13. The fourth-order valence-electron chi connectivity index (χ4n) is 2.76. The number of rotatable bonds is 7. The Bertz CT molecular complexity index is 482.